The second-order valence-electron chi connectivity index (χ2n) is 7.34. The lowest BCUT2D eigenvalue weighted by molar-refractivity contribution is 0.0955. The number of nitrogens with zero attached hydrogens (tertiary/aromatic N) is 3. The van der Waals surface area contributed by atoms with Gasteiger partial charge in [0, 0.05) is 11.1 Å². The minimum atomic E-state index is -0.349. The number of hydrogen-bond donors (Lipinski definition) is 2. The minimum absolute atomic E-state index is 0.289. The van der Waals surface area contributed by atoms with E-state index in [0.717, 1.165) is 15.8 Å². The van der Waals surface area contributed by atoms with Crippen molar-refractivity contribution < 1.29 is 4.79 Å². The molecule has 33 heavy (non-hydrogen) atoms. The summed E-state index contributed by atoms with van der Waals surface area (Å²) in [6, 6.07) is 26.1. The number of amides is 1. The second kappa shape index (κ2) is 8.68. The van der Waals surface area contributed by atoms with E-state index in [-0.39, 0.29) is 11.5 Å². The summed E-state index contributed by atoms with van der Waals surface area (Å²) < 4.78 is 2.41. The van der Waals surface area contributed by atoms with E-state index < -0.39 is 0 Å². The molecule has 5 rings (SSSR count). The maximum Gasteiger partial charge on any atom is 0.283 e. The number of H-pyrrole nitrogens is 1. The molecule has 8 heteroatoms. The predicted molar refractivity (Wildman–Crippen MR) is 131 cm³/mol. The molecule has 0 aliphatic carbocycles. The van der Waals surface area contributed by atoms with Crippen LogP contribution < -0.4 is 11.0 Å². The van der Waals surface area contributed by atoms with E-state index in [1.54, 1.807) is 31.2 Å². The molecule has 3 aromatic carbocycles. The van der Waals surface area contributed by atoms with Crippen molar-refractivity contribution in [2.24, 2.45) is 5.10 Å². The van der Waals surface area contributed by atoms with E-state index in [1.807, 2.05) is 60.7 Å². The number of rotatable bonds is 5. The van der Waals surface area contributed by atoms with Crippen molar-refractivity contribution in [3.8, 4) is 16.4 Å². The van der Waals surface area contributed by atoms with Crippen LogP contribution in [0.15, 0.2) is 94.8 Å². The van der Waals surface area contributed by atoms with Crippen LogP contribution >= 0.6 is 11.3 Å². The standard InChI is InChI=1S/C25H19N5O2S/c1-16(27-28-23(31)18-12-6-3-7-13-18)21-22(17-10-4-2-5-11-17)29-30(24(21)32)25-26-19-14-8-9-15-20(19)33-25/h2-15,29H,1H3,(H,28,31). The normalized spacial score (nSPS) is 11.6. The summed E-state index contributed by atoms with van der Waals surface area (Å²) in [5, 5.41) is 7.97. The summed E-state index contributed by atoms with van der Waals surface area (Å²) in [6.45, 7) is 1.70. The van der Waals surface area contributed by atoms with Crippen molar-refractivity contribution in [2.45, 2.75) is 6.92 Å². The molecular formula is C25H19N5O2S. The maximum atomic E-state index is 13.5. The van der Waals surface area contributed by atoms with Crippen LogP contribution in [0.4, 0.5) is 0 Å². The number of hydrogen-bond acceptors (Lipinski definition) is 5. The Hall–Kier alpha value is -4.30. The van der Waals surface area contributed by atoms with Crippen molar-refractivity contribution in [1.82, 2.24) is 20.2 Å². The number of carbonyl (C=O) groups is 1. The monoisotopic (exact) mass is 453 g/mol. The van der Waals surface area contributed by atoms with E-state index in [2.05, 4.69) is 20.6 Å². The van der Waals surface area contributed by atoms with Crippen LogP contribution in [0.25, 0.3) is 26.6 Å². The van der Waals surface area contributed by atoms with Crippen molar-refractivity contribution in [1.29, 1.82) is 0 Å². The Balaban J connectivity index is 1.59. The third-order valence-corrected chi connectivity index (χ3v) is 6.17. The molecule has 0 saturated carbocycles. The van der Waals surface area contributed by atoms with Gasteiger partial charge in [-0.05, 0) is 31.2 Å². The van der Waals surface area contributed by atoms with Gasteiger partial charge in [0.15, 0.2) is 0 Å². The number of benzene rings is 3. The fourth-order valence-electron chi connectivity index (χ4n) is 3.52. The number of nitrogens with one attached hydrogen (secondary N) is 2. The van der Waals surface area contributed by atoms with Gasteiger partial charge in [-0.2, -0.15) is 9.78 Å². The lowest BCUT2D eigenvalue weighted by atomic mass is 10.1. The molecular weight excluding hydrogens is 434 g/mol. The average molecular weight is 454 g/mol. The van der Waals surface area contributed by atoms with E-state index in [4.69, 9.17) is 0 Å². The Bertz CT molecular complexity index is 1500. The highest BCUT2D eigenvalue weighted by Crippen LogP contribution is 2.26. The Morgan fingerprint density at radius 3 is 2.36 bits per heavy atom. The lowest BCUT2D eigenvalue weighted by Gasteiger charge is -2.04. The molecule has 0 bridgehead atoms. The van der Waals surface area contributed by atoms with Gasteiger partial charge in [0.05, 0.1) is 27.2 Å². The van der Waals surface area contributed by atoms with Crippen molar-refractivity contribution in [2.75, 3.05) is 0 Å². The van der Waals surface area contributed by atoms with Crippen LogP contribution in [0, 0.1) is 0 Å². The van der Waals surface area contributed by atoms with E-state index in [0.29, 0.717) is 27.7 Å². The quantitative estimate of drug-likeness (QED) is 0.301. The highest BCUT2D eigenvalue weighted by Gasteiger charge is 2.21. The number of aromatic amines is 1. The van der Waals surface area contributed by atoms with Crippen LogP contribution in [-0.2, 0) is 0 Å². The zero-order valence-electron chi connectivity index (χ0n) is 17.6. The molecule has 0 saturated heterocycles. The van der Waals surface area contributed by atoms with Crippen molar-refractivity contribution in [3.63, 3.8) is 0 Å². The van der Waals surface area contributed by atoms with Gasteiger partial charge in [-0.15, -0.1) is 0 Å². The van der Waals surface area contributed by atoms with Gasteiger partial charge in [0.25, 0.3) is 11.5 Å². The number of carbonyl (C=O) groups excluding carboxylic acids is 1. The van der Waals surface area contributed by atoms with Crippen LogP contribution in [0.3, 0.4) is 0 Å². The second-order valence-corrected chi connectivity index (χ2v) is 8.35. The summed E-state index contributed by atoms with van der Waals surface area (Å²) in [5.41, 5.74) is 5.76. The highest BCUT2D eigenvalue weighted by atomic mass is 32.1. The molecule has 2 N–H and O–H groups in total. The molecule has 0 aliphatic rings. The molecule has 7 nitrogen and oxygen atoms in total. The van der Waals surface area contributed by atoms with Gasteiger partial charge < -0.3 is 0 Å². The average Bonchev–Trinajstić information content (AvgIpc) is 3.44. The third-order valence-electron chi connectivity index (χ3n) is 5.15. The topological polar surface area (TPSA) is 92.1 Å². The van der Waals surface area contributed by atoms with Crippen molar-refractivity contribution in [3.05, 3.63) is 106 Å². The number of fused-ring (bicyclic) bond motifs is 1. The molecule has 1 amide bonds. The number of thiazole rings is 1. The maximum absolute atomic E-state index is 13.5. The summed E-state index contributed by atoms with van der Waals surface area (Å²) in [5.74, 6) is -0.349. The Kier molecular flexibility index (Phi) is 5.42. The highest BCUT2D eigenvalue weighted by molar-refractivity contribution is 7.20. The lowest BCUT2D eigenvalue weighted by Crippen LogP contribution is -2.23. The first-order valence-corrected chi connectivity index (χ1v) is 11.1. The first-order chi connectivity index (χ1) is 16.1. The van der Waals surface area contributed by atoms with Gasteiger partial charge in [-0.3, -0.25) is 14.7 Å². The van der Waals surface area contributed by atoms with E-state index in [9.17, 15) is 9.59 Å². The Labute approximate surface area is 193 Å². The molecule has 0 unspecified atom stereocenters. The third kappa shape index (κ3) is 3.99. The SMILES string of the molecule is CC(=NNC(=O)c1ccccc1)c1c(-c2ccccc2)[nH]n(-c2nc3ccccc3s2)c1=O. The molecule has 0 atom stereocenters. The summed E-state index contributed by atoms with van der Waals surface area (Å²) >= 11 is 1.42. The molecule has 162 valence electrons. The Morgan fingerprint density at radius 2 is 1.64 bits per heavy atom. The van der Waals surface area contributed by atoms with Crippen molar-refractivity contribution >= 4 is 33.2 Å². The van der Waals surface area contributed by atoms with Crippen LogP contribution in [-0.4, -0.2) is 26.4 Å². The van der Waals surface area contributed by atoms with Gasteiger partial charge in [0.2, 0.25) is 5.13 Å². The fraction of sp³-hybridized carbons (Fsp3) is 0.0400. The van der Waals surface area contributed by atoms with Gasteiger partial charge >= 0.3 is 0 Å². The summed E-state index contributed by atoms with van der Waals surface area (Å²) in [4.78, 5) is 30.5. The van der Waals surface area contributed by atoms with Crippen LogP contribution in [0.5, 0.6) is 0 Å². The summed E-state index contributed by atoms with van der Waals surface area (Å²) in [7, 11) is 0. The zero-order valence-corrected chi connectivity index (χ0v) is 18.5. The van der Waals surface area contributed by atoms with Gasteiger partial charge in [-0.1, -0.05) is 72.0 Å². The molecule has 0 spiro atoms. The largest absolute Gasteiger partial charge is 0.288 e. The number of hydrazone groups is 1. The van der Waals surface area contributed by atoms with E-state index in [1.165, 1.54) is 16.0 Å². The Morgan fingerprint density at radius 1 is 0.970 bits per heavy atom. The number of aromatic nitrogens is 3. The molecule has 2 aromatic heterocycles. The smallest absolute Gasteiger partial charge is 0.283 e. The minimum Gasteiger partial charge on any atom is -0.288 e. The fourth-order valence-corrected chi connectivity index (χ4v) is 4.45. The van der Waals surface area contributed by atoms with E-state index >= 15 is 0 Å². The zero-order chi connectivity index (χ0) is 22.8. The number of para-hydroxylation sites is 1. The molecule has 0 fully saturated rings. The first-order valence-electron chi connectivity index (χ1n) is 10.3. The molecule has 5 aromatic rings. The first kappa shape index (κ1) is 20.6. The molecule has 0 radical (unpaired) electrons. The van der Waals surface area contributed by atoms with Crippen LogP contribution in [0.2, 0.25) is 0 Å². The van der Waals surface area contributed by atoms with Gasteiger partial charge in [0.1, 0.15) is 0 Å². The predicted octanol–water partition coefficient (Wildman–Crippen LogP) is 4.60. The van der Waals surface area contributed by atoms with Crippen LogP contribution in [0.1, 0.15) is 22.8 Å². The molecule has 2 heterocycles. The molecule has 0 aliphatic heterocycles. The van der Waals surface area contributed by atoms with Gasteiger partial charge in [-0.25, -0.2) is 10.4 Å². The summed E-state index contributed by atoms with van der Waals surface area (Å²) in [6.07, 6.45) is 0.